The van der Waals surface area contributed by atoms with Crippen molar-refractivity contribution >= 4 is 32.6 Å². The number of hydrogen-bond donors (Lipinski definition) is 0. The molecule has 4 aliphatic carbocycles. The third-order valence-electron chi connectivity index (χ3n) is 8.21. The molecule has 1 amide bonds. The fourth-order valence-electron chi connectivity index (χ4n) is 7.20. The highest BCUT2D eigenvalue weighted by Gasteiger charge is 2.55. The lowest BCUT2D eigenvalue weighted by molar-refractivity contribution is -0.143. The second kappa shape index (κ2) is 8.13. The Balaban J connectivity index is 1.26. The number of morpholine rings is 1. The predicted molar refractivity (Wildman–Crippen MR) is 124 cm³/mol. The molecule has 2 aromatic rings. The van der Waals surface area contributed by atoms with Crippen molar-refractivity contribution in [1.29, 1.82) is 0 Å². The first kappa shape index (κ1) is 20.1. The van der Waals surface area contributed by atoms with Crippen molar-refractivity contribution in [2.75, 3.05) is 44.3 Å². The molecule has 0 atom stereocenters. The van der Waals surface area contributed by atoms with Crippen molar-refractivity contribution in [2.24, 2.45) is 23.2 Å². The number of anilines is 1. The maximum atomic E-state index is 14.2. The number of aromatic nitrogens is 1. The minimum absolute atomic E-state index is 0.119. The summed E-state index contributed by atoms with van der Waals surface area (Å²) in [6, 6.07) is 8.29. The highest BCUT2D eigenvalue weighted by atomic mass is 32.1. The zero-order chi connectivity index (χ0) is 20.8. The number of amides is 1. The minimum Gasteiger partial charge on any atom is -0.379 e. The van der Waals surface area contributed by atoms with E-state index in [9.17, 15) is 4.79 Å². The molecule has 2 heterocycles. The zero-order valence-electron chi connectivity index (χ0n) is 18.3. The summed E-state index contributed by atoms with van der Waals surface area (Å²) in [6.07, 6.45) is 8.43. The van der Waals surface area contributed by atoms with Gasteiger partial charge in [-0.15, -0.1) is 0 Å². The molecule has 5 aliphatic rings. The Kier molecular flexibility index (Phi) is 5.28. The van der Waals surface area contributed by atoms with Crippen molar-refractivity contribution in [3.8, 4) is 0 Å². The van der Waals surface area contributed by atoms with Gasteiger partial charge in [0.15, 0.2) is 5.13 Å². The number of fused-ring (bicyclic) bond motifs is 1. The normalized spacial score (nSPS) is 32.6. The van der Waals surface area contributed by atoms with E-state index in [-0.39, 0.29) is 5.41 Å². The molecule has 1 aliphatic heterocycles. The number of benzene rings is 1. The van der Waals surface area contributed by atoms with Crippen LogP contribution >= 0.6 is 11.3 Å². The van der Waals surface area contributed by atoms with Gasteiger partial charge in [-0.2, -0.15) is 0 Å². The minimum atomic E-state index is -0.119. The summed E-state index contributed by atoms with van der Waals surface area (Å²) in [5, 5.41) is 0.906. The second-order valence-electron chi connectivity index (χ2n) is 10.4. The number of nitrogens with zero attached hydrogens (tertiary/aromatic N) is 3. The summed E-state index contributed by atoms with van der Waals surface area (Å²) in [5.41, 5.74) is 0.893. The number of para-hydroxylation sites is 1. The fourth-order valence-corrected chi connectivity index (χ4v) is 8.19. The van der Waals surface area contributed by atoms with Crippen LogP contribution in [0.25, 0.3) is 10.2 Å². The molecule has 166 valence electrons. The number of rotatable bonds is 6. The van der Waals surface area contributed by atoms with Gasteiger partial charge in [-0.25, -0.2) is 4.98 Å². The molecule has 0 N–H and O–H groups in total. The van der Waals surface area contributed by atoms with Crippen LogP contribution in [0.4, 0.5) is 5.13 Å². The average Bonchev–Trinajstić information content (AvgIpc) is 3.20. The van der Waals surface area contributed by atoms with Gasteiger partial charge in [0.2, 0.25) is 5.91 Å². The van der Waals surface area contributed by atoms with Gasteiger partial charge in [-0.3, -0.25) is 14.6 Å². The van der Waals surface area contributed by atoms with Gasteiger partial charge in [0.25, 0.3) is 0 Å². The van der Waals surface area contributed by atoms with Gasteiger partial charge in [0.05, 0.1) is 28.8 Å². The average molecular weight is 440 g/mol. The van der Waals surface area contributed by atoms with E-state index >= 15 is 0 Å². The lowest BCUT2D eigenvalue weighted by Crippen LogP contribution is -2.55. The Labute approximate surface area is 188 Å². The first-order valence-corrected chi connectivity index (χ1v) is 13.0. The van der Waals surface area contributed by atoms with Gasteiger partial charge in [0, 0.05) is 26.2 Å². The molecule has 1 aromatic carbocycles. The van der Waals surface area contributed by atoms with Crippen LogP contribution in [0.5, 0.6) is 0 Å². The smallest absolute Gasteiger partial charge is 0.235 e. The summed E-state index contributed by atoms with van der Waals surface area (Å²) < 4.78 is 6.67. The highest BCUT2D eigenvalue weighted by molar-refractivity contribution is 7.22. The van der Waals surface area contributed by atoms with Crippen molar-refractivity contribution in [2.45, 2.75) is 44.9 Å². The number of carbonyl (C=O) groups is 1. The van der Waals surface area contributed by atoms with Gasteiger partial charge < -0.3 is 4.74 Å². The third-order valence-corrected chi connectivity index (χ3v) is 9.27. The quantitative estimate of drug-likeness (QED) is 0.662. The Morgan fingerprint density at radius 3 is 2.45 bits per heavy atom. The highest BCUT2D eigenvalue weighted by Crippen LogP contribution is 2.60. The SMILES string of the molecule is O=C(N(CCCN1CCOCC1)c1nc2ccccc2s1)C12CC3CC(CC(C3)C1)C2. The fraction of sp³-hybridized carbons (Fsp3) is 0.680. The van der Waals surface area contributed by atoms with Crippen LogP contribution in [0.3, 0.4) is 0 Å². The number of hydrogen-bond acceptors (Lipinski definition) is 5. The largest absolute Gasteiger partial charge is 0.379 e. The van der Waals surface area contributed by atoms with Crippen molar-refractivity contribution in [3.05, 3.63) is 24.3 Å². The molecule has 0 unspecified atom stereocenters. The molecule has 5 fully saturated rings. The number of ether oxygens (including phenoxy) is 1. The second-order valence-corrected chi connectivity index (χ2v) is 11.4. The van der Waals surface area contributed by atoms with Crippen molar-refractivity contribution in [3.63, 3.8) is 0 Å². The molecule has 6 heteroatoms. The summed E-state index contributed by atoms with van der Waals surface area (Å²) in [7, 11) is 0. The van der Waals surface area contributed by atoms with E-state index in [0.29, 0.717) is 5.91 Å². The van der Waals surface area contributed by atoms with E-state index in [1.54, 1.807) is 11.3 Å². The van der Waals surface area contributed by atoms with Gasteiger partial charge in [-0.1, -0.05) is 23.5 Å². The number of carbonyl (C=O) groups excluding carboxylic acids is 1. The topological polar surface area (TPSA) is 45.7 Å². The van der Waals surface area contributed by atoms with E-state index in [1.807, 2.05) is 6.07 Å². The van der Waals surface area contributed by atoms with Crippen LogP contribution in [-0.2, 0) is 9.53 Å². The van der Waals surface area contributed by atoms with E-state index in [1.165, 1.54) is 24.0 Å². The Hall–Kier alpha value is -1.50. The lowest BCUT2D eigenvalue weighted by Gasteiger charge is -2.56. The molecule has 4 saturated carbocycles. The Morgan fingerprint density at radius 2 is 1.77 bits per heavy atom. The van der Waals surface area contributed by atoms with Crippen LogP contribution in [0.2, 0.25) is 0 Å². The van der Waals surface area contributed by atoms with Crippen LogP contribution < -0.4 is 4.90 Å². The molecule has 0 radical (unpaired) electrons. The first-order valence-electron chi connectivity index (χ1n) is 12.2. The predicted octanol–water partition coefficient (Wildman–Crippen LogP) is 4.57. The zero-order valence-corrected chi connectivity index (χ0v) is 19.1. The van der Waals surface area contributed by atoms with E-state index in [4.69, 9.17) is 9.72 Å². The maximum Gasteiger partial charge on any atom is 0.235 e. The Morgan fingerprint density at radius 1 is 1.10 bits per heavy atom. The standard InChI is InChI=1S/C25H33N3O2S/c29-23(25-15-18-12-19(16-25)14-20(13-18)17-25)28(7-3-6-27-8-10-30-11-9-27)24-26-21-4-1-2-5-22(21)31-24/h1-2,4-5,18-20H,3,6-17H2. The summed E-state index contributed by atoms with van der Waals surface area (Å²) in [6.45, 7) is 5.46. The molecular weight excluding hydrogens is 406 g/mol. The van der Waals surface area contributed by atoms with Crippen LogP contribution in [0.15, 0.2) is 24.3 Å². The monoisotopic (exact) mass is 439 g/mol. The summed E-state index contributed by atoms with van der Waals surface area (Å²) in [4.78, 5) is 23.7. The van der Waals surface area contributed by atoms with Crippen molar-refractivity contribution in [1.82, 2.24) is 9.88 Å². The van der Waals surface area contributed by atoms with Crippen LogP contribution in [0.1, 0.15) is 44.9 Å². The Bertz CT molecular complexity index is 883. The molecule has 5 nitrogen and oxygen atoms in total. The maximum absolute atomic E-state index is 14.2. The number of thiazole rings is 1. The summed E-state index contributed by atoms with van der Waals surface area (Å²) >= 11 is 1.68. The molecule has 4 bridgehead atoms. The lowest BCUT2D eigenvalue weighted by atomic mass is 9.49. The first-order chi connectivity index (χ1) is 15.2. The molecule has 1 aromatic heterocycles. The van der Waals surface area contributed by atoms with Crippen LogP contribution in [0, 0.1) is 23.2 Å². The van der Waals surface area contributed by atoms with E-state index in [2.05, 4.69) is 28.0 Å². The van der Waals surface area contributed by atoms with Gasteiger partial charge >= 0.3 is 0 Å². The molecule has 1 saturated heterocycles. The molecule has 0 spiro atoms. The third kappa shape index (κ3) is 3.81. The summed E-state index contributed by atoms with van der Waals surface area (Å²) in [5.74, 6) is 2.72. The van der Waals surface area contributed by atoms with Gasteiger partial charge in [0.1, 0.15) is 0 Å². The van der Waals surface area contributed by atoms with Crippen LogP contribution in [-0.4, -0.2) is 55.2 Å². The van der Waals surface area contributed by atoms with Crippen molar-refractivity contribution < 1.29 is 9.53 Å². The van der Waals surface area contributed by atoms with E-state index < -0.39 is 0 Å². The molecular formula is C25H33N3O2S. The molecule has 31 heavy (non-hydrogen) atoms. The van der Waals surface area contributed by atoms with E-state index in [0.717, 1.165) is 93.5 Å². The molecule has 7 rings (SSSR count). The van der Waals surface area contributed by atoms with Gasteiger partial charge in [-0.05, 0) is 74.8 Å².